The van der Waals surface area contributed by atoms with Crippen molar-refractivity contribution in [3.8, 4) is 0 Å². The van der Waals surface area contributed by atoms with Gasteiger partial charge in [-0.1, -0.05) is 0 Å². The summed E-state index contributed by atoms with van der Waals surface area (Å²) in [5, 5.41) is 0. The number of carbonyl (C=O) groups is 2. The average molecular weight is 306 g/mol. The van der Waals surface area contributed by atoms with Crippen LogP contribution in [-0.2, 0) is 14.3 Å². The van der Waals surface area contributed by atoms with Crippen LogP contribution in [0.1, 0.15) is 51.4 Å². The predicted octanol–water partition coefficient (Wildman–Crippen LogP) is 1.56. The molecule has 2 bridgehead atoms. The maximum absolute atomic E-state index is 13.0. The Morgan fingerprint density at radius 1 is 0.864 bits per heavy atom. The highest BCUT2D eigenvalue weighted by molar-refractivity contribution is 5.89. The number of hydrogen-bond donors (Lipinski definition) is 0. The van der Waals surface area contributed by atoms with E-state index < -0.39 is 0 Å². The Morgan fingerprint density at radius 3 is 2.32 bits per heavy atom. The highest BCUT2D eigenvalue weighted by Gasteiger charge is 2.47. The Morgan fingerprint density at radius 2 is 1.64 bits per heavy atom. The SMILES string of the molecule is O=C([C@@H]1CCCCN1C(=O)[C@@H]1C[C@H]2CC[C@H]1O2)N1CCCC1. The van der Waals surface area contributed by atoms with Gasteiger partial charge in [-0.25, -0.2) is 0 Å². The molecule has 0 saturated carbocycles. The Labute approximate surface area is 132 Å². The van der Waals surface area contributed by atoms with Gasteiger partial charge >= 0.3 is 0 Å². The fourth-order valence-corrected chi connectivity index (χ4v) is 4.71. The normalized spacial score (nSPS) is 37.8. The number of fused-ring (bicyclic) bond motifs is 2. The van der Waals surface area contributed by atoms with Gasteiger partial charge in [-0.2, -0.15) is 0 Å². The second-order valence-electron chi connectivity index (χ2n) is 7.29. The second-order valence-corrected chi connectivity index (χ2v) is 7.29. The first-order valence-corrected chi connectivity index (χ1v) is 8.99. The molecule has 0 spiro atoms. The molecule has 4 fully saturated rings. The third-order valence-corrected chi connectivity index (χ3v) is 5.91. The van der Waals surface area contributed by atoms with Crippen molar-refractivity contribution in [2.24, 2.45) is 5.92 Å². The third kappa shape index (κ3) is 2.43. The van der Waals surface area contributed by atoms with E-state index in [0.29, 0.717) is 0 Å². The summed E-state index contributed by atoms with van der Waals surface area (Å²) in [7, 11) is 0. The Balaban J connectivity index is 1.48. The number of rotatable bonds is 2. The molecule has 4 atom stereocenters. The van der Waals surface area contributed by atoms with Gasteiger partial charge in [0.05, 0.1) is 18.1 Å². The standard InChI is InChI=1S/C17H26N2O3/c20-16(13-11-12-6-7-15(13)22-12)19-10-2-1-5-14(19)17(21)18-8-3-4-9-18/h12-15H,1-11H2/t12-,13-,14+,15-/m1/s1. The van der Waals surface area contributed by atoms with E-state index in [-0.39, 0.29) is 36.0 Å². The van der Waals surface area contributed by atoms with Crippen molar-refractivity contribution in [2.75, 3.05) is 19.6 Å². The summed E-state index contributed by atoms with van der Waals surface area (Å²) in [6.07, 6.45) is 8.51. The number of hydrogen-bond acceptors (Lipinski definition) is 3. The summed E-state index contributed by atoms with van der Waals surface area (Å²) in [6, 6.07) is -0.210. The summed E-state index contributed by atoms with van der Waals surface area (Å²) in [4.78, 5) is 29.7. The highest BCUT2D eigenvalue weighted by Crippen LogP contribution is 2.40. The molecule has 5 heteroatoms. The molecule has 22 heavy (non-hydrogen) atoms. The lowest BCUT2D eigenvalue weighted by molar-refractivity contribution is -0.150. The van der Waals surface area contributed by atoms with Gasteiger partial charge in [-0.15, -0.1) is 0 Å². The van der Waals surface area contributed by atoms with Crippen molar-refractivity contribution < 1.29 is 14.3 Å². The molecule has 5 nitrogen and oxygen atoms in total. The lowest BCUT2D eigenvalue weighted by Gasteiger charge is -2.38. The highest BCUT2D eigenvalue weighted by atomic mass is 16.5. The quantitative estimate of drug-likeness (QED) is 0.778. The zero-order valence-electron chi connectivity index (χ0n) is 13.2. The minimum Gasteiger partial charge on any atom is -0.374 e. The fourth-order valence-electron chi connectivity index (χ4n) is 4.71. The van der Waals surface area contributed by atoms with E-state index >= 15 is 0 Å². The lowest BCUT2D eigenvalue weighted by atomic mass is 9.87. The smallest absolute Gasteiger partial charge is 0.245 e. The first kappa shape index (κ1) is 14.5. The molecular formula is C17H26N2O3. The van der Waals surface area contributed by atoms with Crippen LogP contribution in [0, 0.1) is 5.92 Å². The van der Waals surface area contributed by atoms with Gasteiger partial charge in [0, 0.05) is 19.6 Å². The Bertz CT molecular complexity index is 461. The summed E-state index contributed by atoms with van der Waals surface area (Å²) in [5.74, 6) is 0.379. The van der Waals surface area contributed by atoms with Gasteiger partial charge in [-0.3, -0.25) is 9.59 Å². The molecule has 4 saturated heterocycles. The molecule has 0 aromatic heterocycles. The van der Waals surface area contributed by atoms with Crippen LogP contribution >= 0.6 is 0 Å². The molecule has 0 aliphatic carbocycles. The van der Waals surface area contributed by atoms with Crippen LogP contribution in [0.3, 0.4) is 0 Å². The van der Waals surface area contributed by atoms with Gasteiger partial charge < -0.3 is 14.5 Å². The summed E-state index contributed by atoms with van der Waals surface area (Å²) in [5.41, 5.74) is 0. The molecule has 0 aromatic carbocycles. The second kappa shape index (κ2) is 5.84. The van der Waals surface area contributed by atoms with E-state index in [1.165, 1.54) is 0 Å². The van der Waals surface area contributed by atoms with E-state index in [4.69, 9.17) is 4.74 Å². The van der Waals surface area contributed by atoms with Crippen molar-refractivity contribution in [2.45, 2.75) is 69.6 Å². The lowest BCUT2D eigenvalue weighted by Crippen LogP contribution is -2.54. The molecular weight excluding hydrogens is 280 g/mol. The fraction of sp³-hybridized carbons (Fsp3) is 0.882. The predicted molar refractivity (Wildman–Crippen MR) is 81.2 cm³/mol. The number of nitrogens with zero attached hydrogens (tertiary/aromatic N) is 2. The Kier molecular flexibility index (Phi) is 3.84. The number of amides is 2. The zero-order chi connectivity index (χ0) is 15.1. The van der Waals surface area contributed by atoms with E-state index in [1.54, 1.807) is 0 Å². The van der Waals surface area contributed by atoms with Crippen molar-refractivity contribution >= 4 is 11.8 Å². The number of likely N-dealkylation sites (tertiary alicyclic amines) is 2. The summed E-state index contributed by atoms with van der Waals surface area (Å²) >= 11 is 0. The molecule has 0 N–H and O–H groups in total. The van der Waals surface area contributed by atoms with Gasteiger partial charge in [0.1, 0.15) is 6.04 Å². The van der Waals surface area contributed by atoms with E-state index in [1.807, 2.05) is 9.80 Å². The Hall–Kier alpha value is -1.10. The van der Waals surface area contributed by atoms with Crippen molar-refractivity contribution in [1.29, 1.82) is 0 Å². The van der Waals surface area contributed by atoms with Crippen molar-refractivity contribution in [1.82, 2.24) is 9.80 Å². The summed E-state index contributed by atoms with van der Waals surface area (Å²) in [6.45, 7) is 2.49. The third-order valence-electron chi connectivity index (χ3n) is 5.91. The largest absolute Gasteiger partial charge is 0.374 e. The number of ether oxygens (including phenoxy) is 1. The van der Waals surface area contributed by atoms with Crippen LogP contribution in [0.25, 0.3) is 0 Å². The van der Waals surface area contributed by atoms with Crippen LogP contribution in [0.2, 0.25) is 0 Å². The van der Waals surface area contributed by atoms with Crippen LogP contribution in [-0.4, -0.2) is 59.5 Å². The zero-order valence-corrected chi connectivity index (χ0v) is 13.2. The van der Waals surface area contributed by atoms with Crippen LogP contribution in [0.15, 0.2) is 0 Å². The number of piperidine rings is 1. The van der Waals surface area contributed by atoms with Gasteiger partial charge in [0.15, 0.2) is 0 Å². The van der Waals surface area contributed by atoms with Crippen molar-refractivity contribution in [3.05, 3.63) is 0 Å². The first-order chi connectivity index (χ1) is 10.7. The van der Waals surface area contributed by atoms with Crippen LogP contribution in [0.4, 0.5) is 0 Å². The molecule has 2 amide bonds. The van der Waals surface area contributed by atoms with Crippen molar-refractivity contribution in [3.63, 3.8) is 0 Å². The maximum atomic E-state index is 13.0. The average Bonchev–Trinajstić information content (AvgIpc) is 3.30. The number of carbonyl (C=O) groups excluding carboxylic acids is 2. The molecule has 4 aliphatic rings. The molecule has 4 rings (SSSR count). The monoisotopic (exact) mass is 306 g/mol. The van der Waals surface area contributed by atoms with Gasteiger partial charge in [0.2, 0.25) is 11.8 Å². The first-order valence-electron chi connectivity index (χ1n) is 8.99. The van der Waals surface area contributed by atoms with Gasteiger partial charge in [-0.05, 0) is 51.4 Å². The molecule has 4 aliphatic heterocycles. The van der Waals surface area contributed by atoms with E-state index in [0.717, 1.165) is 71.0 Å². The minimum atomic E-state index is -0.210. The van der Waals surface area contributed by atoms with Crippen LogP contribution < -0.4 is 0 Å². The molecule has 122 valence electrons. The van der Waals surface area contributed by atoms with Crippen LogP contribution in [0.5, 0.6) is 0 Å². The molecule has 0 aromatic rings. The van der Waals surface area contributed by atoms with Gasteiger partial charge in [0.25, 0.3) is 0 Å². The molecule has 0 unspecified atom stereocenters. The maximum Gasteiger partial charge on any atom is 0.245 e. The molecule has 0 radical (unpaired) electrons. The molecule has 4 heterocycles. The van der Waals surface area contributed by atoms with E-state index in [9.17, 15) is 9.59 Å². The van der Waals surface area contributed by atoms with E-state index in [2.05, 4.69) is 0 Å². The summed E-state index contributed by atoms with van der Waals surface area (Å²) < 4.78 is 5.85. The topological polar surface area (TPSA) is 49.9 Å². The minimum absolute atomic E-state index is 0.00530.